The van der Waals surface area contributed by atoms with E-state index in [2.05, 4.69) is 35.2 Å². The molecule has 0 bridgehead atoms. The molecular weight excluding hydrogens is 232 g/mol. The lowest BCUT2D eigenvalue weighted by molar-refractivity contribution is 1.09. The fraction of sp³-hybridized carbons (Fsp3) is 0.250. The van der Waals surface area contributed by atoms with Gasteiger partial charge in [-0.3, -0.25) is 0 Å². The van der Waals surface area contributed by atoms with Gasteiger partial charge >= 0.3 is 0 Å². The first-order valence-electron chi connectivity index (χ1n) is 5.21. The fourth-order valence-electron chi connectivity index (χ4n) is 1.46. The van der Waals surface area contributed by atoms with Crippen LogP contribution < -0.4 is 5.32 Å². The molecule has 5 heteroatoms. The minimum Gasteiger partial charge on any atom is -0.363 e. The summed E-state index contributed by atoms with van der Waals surface area (Å²) in [6.45, 7) is 4.87. The molecule has 0 aromatic carbocycles. The fourth-order valence-corrected chi connectivity index (χ4v) is 2.45. The summed E-state index contributed by atoms with van der Waals surface area (Å²) in [6, 6.07) is 4.16. The molecule has 2 aromatic rings. The van der Waals surface area contributed by atoms with Gasteiger partial charge in [0.1, 0.15) is 6.07 Å². The predicted molar refractivity (Wildman–Crippen MR) is 67.9 cm³/mol. The standard InChI is InChI=1S/C12H12N4S/c1-8-5-10(17-9(8)2)7-16-12-11(6-13)14-3-4-15-12/h3-5H,7H2,1-2H3,(H,15,16). The lowest BCUT2D eigenvalue weighted by Gasteiger charge is -2.03. The molecule has 1 N–H and O–H groups in total. The largest absolute Gasteiger partial charge is 0.363 e. The Morgan fingerprint density at radius 1 is 1.35 bits per heavy atom. The van der Waals surface area contributed by atoms with Crippen molar-refractivity contribution in [3.8, 4) is 6.07 Å². The molecule has 0 saturated carbocycles. The van der Waals surface area contributed by atoms with Gasteiger partial charge in [0.15, 0.2) is 11.5 Å². The van der Waals surface area contributed by atoms with Crippen LogP contribution in [0.5, 0.6) is 0 Å². The summed E-state index contributed by atoms with van der Waals surface area (Å²) in [5.74, 6) is 0.540. The monoisotopic (exact) mass is 244 g/mol. The molecule has 0 aliphatic rings. The Hall–Kier alpha value is -1.93. The summed E-state index contributed by atoms with van der Waals surface area (Å²) in [5, 5.41) is 12.0. The molecule has 17 heavy (non-hydrogen) atoms. The van der Waals surface area contributed by atoms with Crippen LogP contribution in [0.25, 0.3) is 0 Å². The number of aryl methyl sites for hydroxylation is 2. The van der Waals surface area contributed by atoms with Crippen molar-refractivity contribution in [2.75, 3.05) is 5.32 Å². The van der Waals surface area contributed by atoms with Gasteiger partial charge in [-0.1, -0.05) is 0 Å². The number of hydrogen-bond acceptors (Lipinski definition) is 5. The third-order valence-electron chi connectivity index (χ3n) is 2.45. The molecule has 0 atom stereocenters. The topological polar surface area (TPSA) is 61.6 Å². The number of nitrogens with zero attached hydrogens (tertiary/aromatic N) is 3. The summed E-state index contributed by atoms with van der Waals surface area (Å²) in [5.41, 5.74) is 1.63. The van der Waals surface area contributed by atoms with Crippen LogP contribution in [0.15, 0.2) is 18.5 Å². The number of hydrogen-bond donors (Lipinski definition) is 1. The zero-order valence-electron chi connectivity index (χ0n) is 9.69. The lowest BCUT2D eigenvalue weighted by Crippen LogP contribution is -2.03. The minimum absolute atomic E-state index is 0.331. The molecular formula is C12H12N4S. The number of rotatable bonds is 3. The van der Waals surface area contributed by atoms with Crippen molar-refractivity contribution in [2.45, 2.75) is 20.4 Å². The zero-order valence-corrected chi connectivity index (χ0v) is 10.5. The first-order chi connectivity index (χ1) is 8.20. The van der Waals surface area contributed by atoms with E-state index >= 15 is 0 Å². The highest BCUT2D eigenvalue weighted by atomic mass is 32.1. The molecule has 0 aliphatic carbocycles. The molecule has 0 fully saturated rings. The van der Waals surface area contributed by atoms with Crippen LogP contribution in [0.3, 0.4) is 0 Å². The second-order valence-corrected chi connectivity index (χ2v) is 5.01. The molecule has 0 unspecified atom stereocenters. The quantitative estimate of drug-likeness (QED) is 0.901. The van der Waals surface area contributed by atoms with Crippen LogP contribution in [-0.2, 0) is 6.54 Å². The van der Waals surface area contributed by atoms with Crippen LogP contribution in [0, 0.1) is 25.2 Å². The van der Waals surface area contributed by atoms with Crippen molar-refractivity contribution in [2.24, 2.45) is 0 Å². The van der Waals surface area contributed by atoms with E-state index in [1.54, 1.807) is 17.5 Å². The predicted octanol–water partition coefficient (Wildman–Crippen LogP) is 2.64. The average molecular weight is 244 g/mol. The van der Waals surface area contributed by atoms with Gasteiger partial charge in [0.25, 0.3) is 0 Å². The highest BCUT2D eigenvalue weighted by Crippen LogP contribution is 2.21. The second-order valence-electron chi connectivity index (χ2n) is 3.67. The first-order valence-corrected chi connectivity index (χ1v) is 6.03. The maximum atomic E-state index is 8.87. The van der Waals surface area contributed by atoms with E-state index in [1.807, 2.05) is 6.07 Å². The molecule has 4 nitrogen and oxygen atoms in total. The summed E-state index contributed by atoms with van der Waals surface area (Å²) in [6.07, 6.45) is 3.09. The molecule has 0 saturated heterocycles. The average Bonchev–Trinajstić information content (AvgIpc) is 2.66. The van der Waals surface area contributed by atoms with E-state index in [9.17, 15) is 0 Å². The molecule has 2 rings (SSSR count). The van der Waals surface area contributed by atoms with Gasteiger partial charge in [-0.05, 0) is 25.5 Å². The Bertz CT molecular complexity index is 549. The van der Waals surface area contributed by atoms with Crippen LogP contribution in [0.4, 0.5) is 5.82 Å². The molecule has 0 amide bonds. The van der Waals surface area contributed by atoms with Gasteiger partial charge in [0, 0.05) is 22.1 Å². The van der Waals surface area contributed by atoms with Crippen LogP contribution in [-0.4, -0.2) is 9.97 Å². The van der Waals surface area contributed by atoms with Crippen LogP contribution in [0.2, 0.25) is 0 Å². The second kappa shape index (κ2) is 4.93. The third kappa shape index (κ3) is 2.60. The lowest BCUT2D eigenvalue weighted by atomic mass is 10.3. The number of nitriles is 1. The maximum Gasteiger partial charge on any atom is 0.182 e. The normalized spacial score (nSPS) is 9.94. The minimum atomic E-state index is 0.331. The van der Waals surface area contributed by atoms with Crippen molar-refractivity contribution in [3.63, 3.8) is 0 Å². The Balaban J connectivity index is 2.10. The SMILES string of the molecule is Cc1cc(CNc2nccnc2C#N)sc1C. The molecule has 86 valence electrons. The van der Waals surface area contributed by atoms with E-state index in [-0.39, 0.29) is 0 Å². The molecule has 2 heterocycles. The van der Waals surface area contributed by atoms with Crippen molar-refractivity contribution in [3.05, 3.63) is 39.5 Å². The van der Waals surface area contributed by atoms with E-state index in [4.69, 9.17) is 5.26 Å². The Morgan fingerprint density at radius 2 is 2.12 bits per heavy atom. The van der Waals surface area contributed by atoms with Crippen molar-refractivity contribution in [1.29, 1.82) is 5.26 Å². The van der Waals surface area contributed by atoms with Gasteiger partial charge in [-0.2, -0.15) is 5.26 Å². The Kier molecular flexibility index (Phi) is 3.35. The van der Waals surface area contributed by atoms with Crippen LogP contribution >= 0.6 is 11.3 Å². The molecule has 0 spiro atoms. The first kappa shape index (κ1) is 11.6. The Morgan fingerprint density at radius 3 is 2.76 bits per heavy atom. The van der Waals surface area contributed by atoms with Crippen molar-refractivity contribution >= 4 is 17.2 Å². The van der Waals surface area contributed by atoms with Gasteiger partial charge < -0.3 is 5.32 Å². The van der Waals surface area contributed by atoms with Gasteiger partial charge in [-0.25, -0.2) is 9.97 Å². The smallest absolute Gasteiger partial charge is 0.182 e. The summed E-state index contributed by atoms with van der Waals surface area (Å²) in [7, 11) is 0. The number of aromatic nitrogens is 2. The number of thiophene rings is 1. The number of nitrogens with one attached hydrogen (secondary N) is 1. The van der Waals surface area contributed by atoms with Crippen molar-refractivity contribution < 1.29 is 0 Å². The van der Waals surface area contributed by atoms with Crippen molar-refractivity contribution in [1.82, 2.24) is 9.97 Å². The van der Waals surface area contributed by atoms with E-state index in [0.29, 0.717) is 18.1 Å². The number of anilines is 1. The zero-order chi connectivity index (χ0) is 12.3. The van der Waals surface area contributed by atoms with E-state index < -0.39 is 0 Å². The van der Waals surface area contributed by atoms with Gasteiger partial charge in [0.2, 0.25) is 0 Å². The van der Waals surface area contributed by atoms with Gasteiger partial charge in [-0.15, -0.1) is 11.3 Å². The van der Waals surface area contributed by atoms with Crippen LogP contribution in [0.1, 0.15) is 21.0 Å². The molecule has 0 radical (unpaired) electrons. The molecule has 2 aromatic heterocycles. The Labute approximate surface area is 104 Å². The summed E-state index contributed by atoms with van der Waals surface area (Å²) in [4.78, 5) is 10.6. The highest BCUT2D eigenvalue weighted by Gasteiger charge is 2.05. The summed E-state index contributed by atoms with van der Waals surface area (Å²) >= 11 is 1.75. The summed E-state index contributed by atoms with van der Waals surface area (Å²) < 4.78 is 0. The van der Waals surface area contributed by atoms with E-state index in [1.165, 1.54) is 21.5 Å². The maximum absolute atomic E-state index is 8.87. The molecule has 0 aliphatic heterocycles. The highest BCUT2D eigenvalue weighted by molar-refractivity contribution is 7.12. The van der Waals surface area contributed by atoms with E-state index in [0.717, 1.165) is 0 Å². The third-order valence-corrected chi connectivity index (χ3v) is 3.60. The van der Waals surface area contributed by atoms with Gasteiger partial charge in [0.05, 0.1) is 6.54 Å².